The van der Waals surface area contributed by atoms with Gasteiger partial charge in [-0.25, -0.2) is 0 Å². The van der Waals surface area contributed by atoms with Crippen LogP contribution >= 0.6 is 0 Å². The molecule has 0 aromatic heterocycles. The highest BCUT2D eigenvalue weighted by molar-refractivity contribution is 4.74. The Morgan fingerprint density at radius 3 is 2.60 bits per heavy atom. The quantitative estimate of drug-likeness (QED) is 0.596. The summed E-state index contributed by atoms with van der Waals surface area (Å²) in [7, 11) is 0. The Kier molecular flexibility index (Phi) is 2.69. The van der Waals surface area contributed by atoms with Crippen LogP contribution in [0.3, 0.4) is 0 Å². The van der Waals surface area contributed by atoms with Gasteiger partial charge in [0.1, 0.15) is 0 Å². The minimum absolute atomic E-state index is 0.228. The Balaban J connectivity index is 2.40. The Morgan fingerprint density at radius 1 is 1.50 bits per heavy atom. The monoisotopic (exact) mass is 144 g/mol. The lowest BCUT2D eigenvalue weighted by Gasteiger charge is -2.30. The predicted octanol–water partition coefficient (Wildman–Crippen LogP) is 1.04. The van der Waals surface area contributed by atoms with Gasteiger partial charge in [0.2, 0.25) is 0 Å². The summed E-state index contributed by atoms with van der Waals surface area (Å²) in [6, 6.07) is 0. The normalized spacial score (nSPS) is 34.8. The van der Waals surface area contributed by atoms with Gasteiger partial charge in [-0.05, 0) is 18.3 Å². The molecular formula is C8H16O2. The molecule has 1 saturated heterocycles. The molecule has 2 nitrogen and oxygen atoms in total. The van der Waals surface area contributed by atoms with E-state index in [0.29, 0.717) is 18.4 Å². The van der Waals surface area contributed by atoms with Crippen molar-refractivity contribution in [2.75, 3.05) is 13.2 Å². The van der Waals surface area contributed by atoms with Gasteiger partial charge in [-0.15, -0.1) is 0 Å². The molecule has 0 saturated carbocycles. The van der Waals surface area contributed by atoms with E-state index >= 15 is 0 Å². The van der Waals surface area contributed by atoms with E-state index in [0.717, 1.165) is 13.0 Å². The first kappa shape index (κ1) is 8.02. The third-order valence-corrected chi connectivity index (χ3v) is 2.23. The lowest BCUT2D eigenvalue weighted by molar-refractivity contribution is -0.0572. The number of rotatable bonds is 1. The Morgan fingerprint density at radius 2 is 2.20 bits per heavy atom. The van der Waals surface area contributed by atoms with E-state index in [2.05, 4.69) is 13.8 Å². The zero-order valence-corrected chi connectivity index (χ0v) is 6.71. The zero-order valence-electron chi connectivity index (χ0n) is 6.71. The highest BCUT2D eigenvalue weighted by atomic mass is 16.5. The maximum absolute atomic E-state index is 9.41. The van der Waals surface area contributed by atoms with E-state index in [1.165, 1.54) is 0 Å². The Bertz CT molecular complexity index is 101. The molecule has 2 heteroatoms. The van der Waals surface area contributed by atoms with Gasteiger partial charge in [0.05, 0.1) is 12.7 Å². The molecule has 1 N–H and O–H groups in total. The molecule has 0 bridgehead atoms. The first-order valence-electron chi connectivity index (χ1n) is 3.97. The molecule has 0 amide bonds. The fourth-order valence-corrected chi connectivity index (χ4v) is 1.52. The summed E-state index contributed by atoms with van der Waals surface area (Å²) >= 11 is 0. The van der Waals surface area contributed by atoms with Gasteiger partial charge < -0.3 is 9.84 Å². The Hall–Kier alpha value is -0.0800. The first-order valence-corrected chi connectivity index (χ1v) is 3.97. The molecule has 1 rings (SSSR count). The van der Waals surface area contributed by atoms with Crippen LogP contribution in [-0.4, -0.2) is 24.4 Å². The molecule has 0 unspecified atom stereocenters. The minimum Gasteiger partial charge on any atom is -0.390 e. The second kappa shape index (κ2) is 3.35. The topological polar surface area (TPSA) is 29.5 Å². The van der Waals surface area contributed by atoms with Crippen molar-refractivity contribution in [2.24, 2.45) is 11.8 Å². The smallest absolute Gasteiger partial charge is 0.0805 e. The predicted molar refractivity (Wildman–Crippen MR) is 39.8 cm³/mol. The number of hydrogen-bond acceptors (Lipinski definition) is 2. The average Bonchev–Trinajstić information content (AvgIpc) is 1.88. The van der Waals surface area contributed by atoms with Crippen LogP contribution in [0.4, 0.5) is 0 Å². The van der Waals surface area contributed by atoms with Crippen LogP contribution < -0.4 is 0 Å². The lowest BCUT2D eigenvalue weighted by atomic mass is 9.87. The molecule has 60 valence electrons. The fraction of sp³-hybridized carbons (Fsp3) is 1.00. The second-order valence-electron chi connectivity index (χ2n) is 3.34. The van der Waals surface area contributed by atoms with Gasteiger partial charge in [-0.2, -0.15) is 0 Å². The summed E-state index contributed by atoms with van der Waals surface area (Å²) in [6.45, 7) is 5.65. The number of aliphatic hydroxyl groups is 1. The summed E-state index contributed by atoms with van der Waals surface area (Å²) in [5.41, 5.74) is 0. The largest absolute Gasteiger partial charge is 0.390 e. The van der Waals surface area contributed by atoms with Crippen molar-refractivity contribution < 1.29 is 9.84 Å². The van der Waals surface area contributed by atoms with Gasteiger partial charge >= 0.3 is 0 Å². The van der Waals surface area contributed by atoms with Gasteiger partial charge in [-0.3, -0.25) is 0 Å². The van der Waals surface area contributed by atoms with Gasteiger partial charge in [0.25, 0.3) is 0 Å². The van der Waals surface area contributed by atoms with Crippen molar-refractivity contribution in [1.29, 1.82) is 0 Å². The zero-order chi connectivity index (χ0) is 7.56. The summed E-state index contributed by atoms with van der Waals surface area (Å²) in [4.78, 5) is 0. The minimum atomic E-state index is -0.228. The third-order valence-electron chi connectivity index (χ3n) is 2.23. The van der Waals surface area contributed by atoms with E-state index in [-0.39, 0.29) is 6.10 Å². The summed E-state index contributed by atoms with van der Waals surface area (Å²) < 4.78 is 5.11. The molecule has 0 aromatic rings. The molecule has 1 aliphatic heterocycles. The van der Waals surface area contributed by atoms with E-state index < -0.39 is 0 Å². The van der Waals surface area contributed by atoms with Crippen LogP contribution in [0.15, 0.2) is 0 Å². The molecule has 0 spiro atoms. The standard InChI is InChI=1S/C8H16O2/c1-6(2)7-3-4-10-5-8(7)9/h6-9H,3-5H2,1-2H3/t7-,8-/m0/s1. The second-order valence-corrected chi connectivity index (χ2v) is 3.34. The van der Waals surface area contributed by atoms with Gasteiger partial charge in [0, 0.05) is 6.61 Å². The van der Waals surface area contributed by atoms with Crippen molar-refractivity contribution in [3.05, 3.63) is 0 Å². The highest BCUT2D eigenvalue weighted by Crippen LogP contribution is 2.23. The molecule has 0 aromatic carbocycles. The number of hydrogen-bond donors (Lipinski definition) is 1. The molecule has 1 aliphatic rings. The summed E-state index contributed by atoms with van der Waals surface area (Å²) in [5.74, 6) is 1.03. The maximum Gasteiger partial charge on any atom is 0.0805 e. The molecular weight excluding hydrogens is 128 g/mol. The first-order chi connectivity index (χ1) is 4.72. The van der Waals surface area contributed by atoms with Gasteiger partial charge in [-0.1, -0.05) is 13.8 Å². The van der Waals surface area contributed by atoms with E-state index in [1.54, 1.807) is 0 Å². The molecule has 1 fully saturated rings. The number of ether oxygens (including phenoxy) is 1. The number of aliphatic hydroxyl groups excluding tert-OH is 1. The highest BCUT2D eigenvalue weighted by Gasteiger charge is 2.25. The summed E-state index contributed by atoms with van der Waals surface area (Å²) in [5, 5.41) is 9.41. The maximum atomic E-state index is 9.41. The van der Waals surface area contributed by atoms with Crippen LogP contribution in [0.25, 0.3) is 0 Å². The van der Waals surface area contributed by atoms with Crippen LogP contribution in [-0.2, 0) is 4.74 Å². The molecule has 1 heterocycles. The molecule has 2 atom stereocenters. The van der Waals surface area contributed by atoms with E-state index in [9.17, 15) is 5.11 Å². The molecule has 0 radical (unpaired) electrons. The molecule has 0 aliphatic carbocycles. The fourth-order valence-electron chi connectivity index (χ4n) is 1.52. The van der Waals surface area contributed by atoms with Crippen molar-refractivity contribution in [3.8, 4) is 0 Å². The van der Waals surface area contributed by atoms with Gasteiger partial charge in [0.15, 0.2) is 0 Å². The SMILES string of the molecule is CC(C)[C@@H]1CCOC[C@@H]1O. The van der Waals surface area contributed by atoms with Crippen molar-refractivity contribution in [1.82, 2.24) is 0 Å². The van der Waals surface area contributed by atoms with Crippen molar-refractivity contribution >= 4 is 0 Å². The third kappa shape index (κ3) is 1.70. The Labute approximate surface area is 62.2 Å². The average molecular weight is 144 g/mol. The van der Waals surface area contributed by atoms with Crippen LogP contribution in [0, 0.1) is 11.8 Å². The lowest BCUT2D eigenvalue weighted by Crippen LogP contribution is -2.35. The van der Waals surface area contributed by atoms with Crippen molar-refractivity contribution in [2.45, 2.75) is 26.4 Å². The van der Waals surface area contributed by atoms with Crippen LogP contribution in [0.5, 0.6) is 0 Å². The van der Waals surface area contributed by atoms with Crippen molar-refractivity contribution in [3.63, 3.8) is 0 Å². The van der Waals surface area contributed by atoms with Crippen LogP contribution in [0.2, 0.25) is 0 Å². The molecule has 10 heavy (non-hydrogen) atoms. The van der Waals surface area contributed by atoms with E-state index in [4.69, 9.17) is 4.74 Å². The van der Waals surface area contributed by atoms with E-state index in [1.807, 2.05) is 0 Å². The summed E-state index contributed by atoms with van der Waals surface area (Å²) in [6.07, 6.45) is 0.785. The van der Waals surface area contributed by atoms with Crippen LogP contribution in [0.1, 0.15) is 20.3 Å².